The molecule has 3 heterocycles. The van der Waals surface area contributed by atoms with Gasteiger partial charge in [-0.05, 0) is 37.6 Å². The Morgan fingerprint density at radius 3 is 2.65 bits per heavy atom. The highest BCUT2D eigenvalue weighted by Crippen LogP contribution is 2.33. The number of methoxy groups -OCH3 is 1. The lowest BCUT2D eigenvalue weighted by atomic mass is 10.1. The second-order valence-corrected chi connectivity index (χ2v) is 8.37. The van der Waals surface area contributed by atoms with Crippen molar-refractivity contribution in [2.75, 3.05) is 56.2 Å². The molecule has 9 nitrogen and oxygen atoms in total. The molecule has 1 atom stereocenters. The molecule has 1 aromatic heterocycles. The van der Waals surface area contributed by atoms with E-state index < -0.39 is 0 Å². The minimum Gasteiger partial charge on any atom is -0.495 e. The third-order valence-electron chi connectivity index (χ3n) is 6.24. The number of aromatic nitrogens is 1. The Labute approximate surface area is 199 Å². The summed E-state index contributed by atoms with van der Waals surface area (Å²) in [5.74, 6) is 0.577. The van der Waals surface area contributed by atoms with Gasteiger partial charge in [0.1, 0.15) is 11.6 Å². The molecular weight excluding hydrogens is 436 g/mol. The summed E-state index contributed by atoms with van der Waals surface area (Å²) in [7, 11) is 1.57. The Balaban J connectivity index is 1.37. The molecule has 0 N–H and O–H groups in total. The maximum Gasteiger partial charge on any atom is 0.339 e. The summed E-state index contributed by atoms with van der Waals surface area (Å²) in [6.07, 6.45) is 2.52. The number of carbonyl (C=O) groups is 3. The molecule has 1 unspecified atom stereocenters. The van der Waals surface area contributed by atoms with E-state index in [0.29, 0.717) is 49.8 Å². The fourth-order valence-electron chi connectivity index (χ4n) is 4.49. The van der Waals surface area contributed by atoms with Crippen molar-refractivity contribution in [1.29, 1.82) is 0 Å². The Hall–Kier alpha value is -3.62. The summed E-state index contributed by atoms with van der Waals surface area (Å²) >= 11 is 0. The van der Waals surface area contributed by atoms with E-state index in [1.807, 2.05) is 35.2 Å². The minimum atomic E-state index is -0.387. The van der Waals surface area contributed by atoms with E-state index in [1.54, 1.807) is 25.0 Å². The molecule has 0 radical (unpaired) electrons. The highest BCUT2D eigenvalue weighted by atomic mass is 16.5. The van der Waals surface area contributed by atoms with E-state index in [0.717, 1.165) is 18.8 Å². The third-order valence-corrected chi connectivity index (χ3v) is 6.24. The second kappa shape index (κ2) is 10.5. The number of rotatable bonds is 6. The molecule has 9 heteroatoms. The predicted molar refractivity (Wildman–Crippen MR) is 127 cm³/mol. The fraction of sp³-hybridized carbons (Fsp3) is 0.440. The van der Waals surface area contributed by atoms with Crippen LogP contribution in [0.2, 0.25) is 0 Å². The normalized spacial score (nSPS) is 18.6. The molecule has 2 aliphatic heterocycles. The monoisotopic (exact) mass is 466 g/mol. The summed E-state index contributed by atoms with van der Waals surface area (Å²) < 4.78 is 10.4. The van der Waals surface area contributed by atoms with Gasteiger partial charge >= 0.3 is 5.97 Å². The van der Waals surface area contributed by atoms with Crippen LogP contribution in [0.4, 0.5) is 11.5 Å². The Bertz CT molecular complexity index is 1040. The first-order valence-corrected chi connectivity index (χ1v) is 11.6. The largest absolute Gasteiger partial charge is 0.495 e. The Kier molecular flexibility index (Phi) is 7.30. The predicted octanol–water partition coefficient (Wildman–Crippen LogP) is 2.36. The van der Waals surface area contributed by atoms with Crippen LogP contribution < -0.4 is 14.5 Å². The molecule has 2 amide bonds. The topological polar surface area (TPSA) is 92.3 Å². The molecular formula is C25H30N4O5. The molecule has 34 heavy (non-hydrogen) atoms. The van der Waals surface area contributed by atoms with Gasteiger partial charge in [-0.15, -0.1) is 0 Å². The lowest BCUT2D eigenvalue weighted by molar-refractivity contribution is -0.135. The van der Waals surface area contributed by atoms with Crippen molar-refractivity contribution >= 4 is 29.3 Å². The van der Waals surface area contributed by atoms with Crippen molar-refractivity contribution in [2.24, 2.45) is 5.92 Å². The number of hydrogen-bond acceptors (Lipinski definition) is 7. The van der Waals surface area contributed by atoms with Crippen LogP contribution in [0, 0.1) is 5.92 Å². The number of pyridine rings is 1. The van der Waals surface area contributed by atoms with Gasteiger partial charge in [0.2, 0.25) is 11.8 Å². The van der Waals surface area contributed by atoms with Crippen molar-refractivity contribution in [2.45, 2.75) is 19.8 Å². The zero-order valence-corrected chi connectivity index (χ0v) is 19.6. The maximum absolute atomic E-state index is 13.3. The minimum absolute atomic E-state index is 0.0122. The van der Waals surface area contributed by atoms with Crippen molar-refractivity contribution < 1.29 is 23.9 Å². The number of anilines is 2. The van der Waals surface area contributed by atoms with Gasteiger partial charge in [-0.2, -0.15) is 0 Å². The smallest absolute Gasteiger partial charge is 0.339 e. The average Bonchev–Trinajstić information content (AvgIpc) is 3.08. The summed E-state index contributed by atoms with van der Waals surface area (Å²) in [5.41, 5.74) is 1.12. The van der Waals surface area contributed by atoms with Crippen LogP contribution in [0.1, 0.15) is 30.1 Å². The molecule has 2 aliphatic rings. The molecule has 180 valence electrons. The zero-order valence-electron chi connectivity index (χ0n) is 19.6. The van der Waals surface area contributed by atoms with Crippen LogP contribution in [-0.4, -0.2) is 74.1 Å². The Morgan fingerprint density at radius 1 is 1.09 bits per heavy atom. The number of amides is 2. The van der Waals surface area contributed by atoms with Crippen molar-refractivity contribution in [3.63, 3.8) is 0 Å². The highest BCUT2D eigenvalue weighted by molar-refractivity contribution is 6.01. The summed E-state index contributed by atoms with van der Waals surface area (Å²) in [4.78, 5) is 47.9. The first-order valence-electron chi connectivity index (χ1n) is 11.6. The van der Waals surface area contributed by atoms with Crippen LogP contribution in [-0.2, 0) is 14.3 Å². The number of esters is 1. The number of benzene rings is 1. The van der Waals surface area contributed by atoms with Gasteiger partial charge in [0, 0.05) is 45.3 Å². The van der Waals surface area contributed by atoms with E-state index in [4.69, 9.17) is 9.47 Å². The van der Waals surface area contributed by atoms with E-state index >= 15 is 0 Å². The summed E-state index contributed by atoms with van der Waals surface area (Å²) in [6, 6.07) is 10.9. The molecule has 2 saturated heterocycles. The molecule has 0 aliphatic carbocycles. The van der Waals surface area contributed by atoms with Gasteiger partial charge in [0.15, 0.2) is 0 Å². The molecule has 2 fully saturated rings. The van der Waals surface area contributed by atoms with E-state index in [2.05, 4.69) is 9.88 Å². The quantitative estimate of drug-likeness (QED) is 0.604. The van der Waals surface area contributed by atoms with E-state index in [1.165, 1.54) is 6.20 Å². The number of para-hydroxylation sites is 2. The molecule has 0 spiro atoms. The van der Waals surface area contributed by atoms with Gasteiger partial charge in [-0.25, -0.2) is 9.78 Å². The molecule has 2 aromatic rings. The van der Waals surface area contributed by atoms with Gasteiger partial charge in [-0.3, -0.25) is 9.59 Å². The highest BCUT2D eigenvalue weighted by Gasteiger charge is 2.38. The van der Waals surface area contributed by atoms with Gasteiger partial charge in [0.05, 0.1) is 30.9 Å². The van der Waals surface area contributed by atoms with E-state index in [9.17, 15) is 14.4 Å². The lowest BCUT2D eigenvalue weighted by Crippen LogP contribution is -2.40. The maximum atomic E-state index is 13.3. The van der Waals surface area contributed by atoms with E-state index in [-0.39, 0.29) is 30.1 Å². The number of carbonyl (C=O) groups excluding carboxylic acids is 3. The standard InChI is InChI=1S/C25H30N4O5/c1-3-34-25(32)18-9-10-22(26-16-18)27-11-6-12-28(14-13-27)24(31)19-15-23(30)29(17-19)20-7-4-5-8-21(20)33-2/h4-5,7-10,16,19H,3,6,11-15,17H2,1-2H3. The van der Waals surface area contributed by atoms with Crippen LogP contribution in [0.5, 0.6) is 5.75 Å². The molecule has 1 aromatic carbocycles. The van der Waals surface area contributed by atoms with Crippen molar-refractivity contribution in [3.05, 3.63) is 48.2 Å². The molecule has 4 rings (SSSR count). The SMILES string of the molecule is CCOC(=O)c1ccc(N2CCCN(C(=O)C3CC(=O)N(c4ccccc4OC)C3)CC2)nc1. The fourth-order valence-corrected chi connectivity index (χ4v) is 4.49. The van der Waals surface area contributed by atoms with Crippen LogP contribution >= 0.6 is 0 Å². The zero-order chi connectivity index (χ0) is 24.1. The van der Waals surface area contributed by atoms with Gasteiger partial charge in [0.25, 0.3) is 0 Å². The Morgan fingerprint density at radius 2 is 1.91 bits per heavy atom. The van der Waals surface area contributed by atoms with Crippen molar-refractivity contribution in [3.8, 4) is 5.75 Å². The van der Waals surface area contributed by atoms with Crippen LogP contribution in [0.3, 0.4) is 0 Å². The third kappa shape index (κ3) is 4.98. The number of ether oxygens (including phenoxy) is 2. The molecule has 0 saturated carbocycles. The summed E-state index contributed by atoms with van der Waals surface area (Å²) in [6.45, 7) is 5.02. The second-order valence-electron chi connectivity index (χ2n) is 8.37. The first-order chi connectivity index (χ1) is 16.5. The molecule has 0 bridgehead atoms. The average molecular weight is 467 g/mol. The number of hydrogen-bond donors (Lipinski definition) is 0. The first kappa shape index (κ1) is 23.5. The lowest BCUT2D eigenvalue weighted by Gasteiger charge is -2.25. The van der Waals surface area contributed by atoms with Gasteiger partial charge in [-0.1, -0.05) is 12.1 Å². The van der Waals surface area contributed by atoms with Gasteiger partial charge < -0.3 is 24.2 Å². The van der Waals surface area contributed by atoms with Crippen molar-refractivity contribution in [1.82, 2.24) is 9.88 Å². The summed E-state index contributed by atoms with van der Waals surface area (Å²) in [5, 5.41) is 0. The number of nitrogens with zero attached hydrogens (tertiary/aromatic N) is 4. The van der Waals surface area contributed by atoms with Crippen LogP contribution in [0.25, 0.3) is 0 Å². The van der Waals surface area contributed by atoms with Crippen LogP contribution in [0.15, 0.2) is 42.6 Å².